The monoisotopic (exact) mass is 313 g/mol. The van der Waals surface area contributed by atoms with Gasteiger partial charge in [0.05, 0.1) is 4.90 Å². The summed E-state index contributed by atoms with van der Waals surface area (Å²) in [5, 5.41) is 2.48. The van der Waals surface area contributed by atoms with Crippen molar-refractivity contribution in [1.82, 2.24) is 10.0 Å². The first-order valence-corrected chi connectivity index (χ1v) is 8.14. The molecule has 1 unspecified atom stereocenters. The Bertz CT molecular complexity index is 589. The lowest BCUT2D eigenvalue weighted by Gasteiger charge is -2.30. The predicted octanol–water partition coefficient (Wildman–Crippen LogP) is 0.698. The van der Waals surface area contributed by atoms with E-state index in [9.17, 15) is 13.2 Å². The van der Waals surface area contributed by atoms with Gasteiger partial charge in [-0.3, -0.25) is 4.79 Å². The van der Waals surface area contributed by atoms with Gasteiger partial charge in [-0.25, -0.2) is 13.1 Å². The molecule has 1 aromatic rings. The molecule has 0 aliphatic heterocycles. The van der Waals surface area contributed by atoms with Crippen LogP contribution in [0.5, 0.6) is 0 Å². The Morgan fingerprint density at radius 1 is 1.24 bits per heavy atom. The summed E-state index contributed by atoms with van der Waals surface area (Å²) in [6.07, 6.45) is 0. The van der Waals surface area contributed by atoms with Crippen LogP contribution in [0.2, 0.25) is 0 Å². The number of carbonyl (C=O) groups is 1. The molecule has 1 atom stereocenters. The Morgan fingerprint density at radius 2 is 1.76 bits per heavy atom. The summed E-state index contributed by atoms with van der Waals surface area (Å²) in [6.45, 7) is 5.96. The molecule has 1 aromatic carbocycles. The van der Waals surface area contributed by atoms with Gasteiger partial charge in [-0.15, -0.1) is 0 Å². The average Bonchev–Trinajstić information content (AvgIpc) is 2.42. The van der Waals surface area contributed by atoms with E-state index in [-0.39, 0.29) is 28.8 Å². The fourth-order valence-electron chi connectivity index (χ4n) is 1.76. The van der Waals surface area contributed by atoms with Crippen molar-refractivity contribution in [2.45, 2.75) is 31.7 Å². The second-order valence-corrected chi connectivity index (χ2v) is 7.59. The van der Waals surface area contributed by atoms with Crippen LogP contribution < -0.4 is 15.8 Å². The summed E-state index contributed by atoms with van der Waals surface area (Å²) in [6, 6.07) is 5.39. The highest BCUT2D eigenvalue weighted by Crippen LogP contribution is 2.21. The second-order valence-electron chi connectivity index (χ2n) is 5.88. The maximum Gasteiger partial charge on any atom is 0.251 e. The van der Waals surface area contributed by atoms with Crippen LogP contribution in [0.4, 0.5) is 0 Å². The van der Waals surface area contributed by atoms with Crippen molar-refractivity contribution < 1.29 is 13.2 Å². The molecule has 0 saturated heterocycles. The van der Waals surface area contributed by atoms with Crippen molar-refractivity contribution in [2.24, 2.45) is 11.1 Å². The van der Waals surface area contributed by atoms with E-state index >= 15 is 0 Å². The van der Waals surface area contributed by atoms with Gasteiger partial charge in [0, 0.05) is 25.2 Å². The van der Waals surface area contributed by atoms with Crippen LogP contribution in [0.1, 0.15) is 31.1 Å². The molecular weight excluding hydrogens is 290 g/mol. The third kappa shape index (κ3) is 4.52. The molecular formula is C14H23N3O3S. The number of sulfonamides is 1. The molecule has 0 saturated carbocycles. The Hall–Kier alpha value is -1.44. The van der Waals surface area contributed by atoms with Gasteiger partial charge in [0.2, 0.25) is 10.0 Å². The molecule has 0 bridgehead atoms. The molecule has 0 aliphatic rings. The van der Waals surface area contributed by atoms with Crippen molar-refractivity contribution in [3.05, 3.63) is 29.8 Å². The standard InChI is InChI=1S/C14H23N3O3S/c1-14(2,3)12(9-15)17-21(19,20)11-7-5-10(6-8-11)13(18)16-4/h5-8,12,17H,9,15H2,1-4H3,(H,16,18). The zero-order valence-corrected chi connectivity index (χ0v) is 13.6. The van der Waals surface area contributed by atoms with Crippen LogP contribution in [0.15, 0.2) is 29.2 Å². The molecule has 0 aliphatic carbocycles. The van der Waals surface area contributed by atoms with Gasteiger partial charge in [0.1, 0.15) is 0 Å². The summed E-state index contributed by atoms with van der Waals surface area (Å²) in [5.74, 6) is -0.263. The smallest absolute Gasteiger partial charge is 0.251 e. The lowest BCUT2D eigenvalue weighted by molar-refractivity contribution is 0.0963. The minimum atomic E-state index is -3.67. The van der Waals surface area contributed by atoms with Crippen LogP contribution in [0.3, 0.4) is 0 Å². The van der Waals surface area contributed by atoms with Crippen LogP contribution >= 0.6 is 0 Å². The van der Waals surface area contributed by atoms with Crippen molar-refractivity contribution in [2.75, 3.05) is 13.6 Å². The van der Waals surface area contributed by atoms with Gasteiger partial charge in [-0.2, -0.15) is 0 Å². The first-order valence-electron chi connectivity index (χ1n) is 6.66. The molecule has 4 N–H and O–H groups in total. The van der Waals surface area contributed by atoms with Crippen LogP contribution in [0.25, 0.3) is 0 Å². The Labute approximate surface area is 126 Å². The summed E-state index contributed by atoms with van der Waals surface area (Å²) in [5.41, 5.74) is 5.76. The summed E-state index contributed by atoms with van der Waals surface area (Å²) in [4.78, 5) is 11.5. The van der Waals surface area contributed by atoms with E-state index in [1.807, 2.05) is 20.8 Å². The second kappa shape index (κ2) is 6.55. The van der Waals surface area contributed by atoms with E-state index in [4.69, 9.17) is 5.73 Å². The van der Waals surface area contributed by atoms with Gasteiger partial charge in [-0.1, -0.05) is 20.8 Å². The third-order valence-electron chi connectivity index (χ3n) is 3.23. The minimum Gasteiger partial charge on any atom is -0.355 e. The van der Waals surface area contributed by atoms with E-state index in [0.29, 0.717) is 5.56 Å². The van der Waals surface area contributed by atoms with Crippen molar-refractivity contribution in [3.63, 3.8) is 0 Å². The Kier molecular flexibility index (Phi) is 5.49. The number of hydrogen-bond donors (Lipinski definition) is 3. The topological polar surface area (TPSA) is 101 Å². The molecule has 0 heterocycles. The highest BCUT2D eigenvalue weighted by atomic mass is 32.2. The largest absolute Gasteiger partial charge is 0.355 e. The van der Waals surface area contributed by atoms with Crippen LogP contribution in [0, 0.1) is 5.41 Å². The van der Waals surface area contributed by atoms with Crippen molar-refractivity contribution >= 4 is 15.9 Å². The zero-order chi connectivity index (χ0) is 16.3. The Morgan fingerprint density at radius 3 is 2.14 bits per heavy atom. The number of hydrogen-bond acceptors (Lipinski definition) is 4. The van der Waals surface area contributed by atoms with Crippen molar-refractivity contribution in [3.8, 4) is 0 Å². The number of benzene rings is 1. The average molecular weight is 313 g/mol. The number of amides is 1. The maximum absolute atomic E-state index is 12.3. The van der Waals surface area contributed by atoms with E-state index < -0.39 is 10.0 Å². The molecule has 7 heteroatoms. The molecule has 1 rings (SSSR count). The predicted molar refractivity (Wildman–Crippen MR) is 82.5 cm³/mol. The normalized spacial score (nSPS) is 13.8. The highest BCUT2D eigenvalue weighted by Gasteiger charge is 2.28. The number of carbonyl (C=O) groups excluding carboxylic acids is 1. The van der Waals surface area contributed by atoms with E-state index in [1.54, 1.807) is 0 Å². The lowest BCUT2D eigenvalue weighted by Crippen LogP contribution is -2.48. The molecule has 6 nitrogen and oxygen atoms in total. The highest BCUT2D eigenvalue weighted by molar-refractivity contribution is 7.89. The Balaban J connectivity index is 3.00. The SMILES string of the molecule is CNC(=O)c1ccc(S(=O)(=O)NC(CN)C(C)(C)C)cc1. The fourth-order valence-corrected chi connectivity index (χ4v) is 3.22. The minimum absolute atomic E-state index is 0.109. The summed E-state index contributed by atoms with van der Waals surface area (Å²) >= 11 is 0. The maximum atomic E-state index is 12.3. The molecule has 1 amide bonds. The number of rotatable bonds is 5. The molecule has 0 fully saturated rings. The van der Waals surface area contributed by atoms with Crippen LogP contribution in [-0.2, 0) is 10.0 Å². The van der Waals surface area contributed by atoms with Gasteiger partial charge in [-0.05, 0) is 29.7 Å². The van der Waals surface area contributed by atoms with E-state index in [0.717, 1.165) is 0 Å². The summed E-state index contributed by atoms with van der Waals surface area (Å²) in [7, 11) is -2.15. The lowest BCUT2D eigenvalue weighted by atomic mass is 9.88. The molecule has 0 spiro atoms. The first kappa shape index (κ1) is 17.6. The van der Waals surface area contributed by atoms with Gasteiger partial charge in [0.25, 0.3) is 5.91 Å². The van der Waals surface area contributed by atoms with Gasteiger partial charge >= 0.3 is 0 Å². The summed E-state index contributed by atoms with van der Waals surface area (Å²) < 4.78 is 27.3. The van der Waals surface area contributed by atoms with Crippen molar-refractivity contribution in [1.29, 1.82) is 0 Å². The number of nitrogens with one attached hydrogen (secondary N) is 2. The van der Waals surface area contributed by atoms with Gasteiger partial charge < -0.3 is 11.1 Å². The molecule has 0 aromatic heterocycles. The van der Waals surface area contributed by atoms with Crippen LogP contribution in [-0.4, -0.2) is 34.0 Å². The fraction of sp³-hybridized carbons (Fsp3) is 0.500. The molecule has 0 radical (unpaired) electrons. The van der Waals surface area contributed by atoms with E-state index in [1.165, 1.54) is 31.3 Å². The number of nitrogens with two attached hydrogens (primary N) is 1. The molecule has 118 valence electrons. The van der Waals surface area contributed by atoms with Gasteiger partial charge in [0.15, 0.2) is 0 Å². The third-order valence-corrected chi connectivity index (χ3v) is 4.72. The first-order chi connectivity index (χ1) is 9.61. The zero-order valence-electron chi connectivity index (χ0n) is 12.8. The quantitative estimate of drug-likeness (QED) is 0.744. The molecule has 21 heavy (non-hydrogen) atoms. The van der Waals surface area contributed by atoms with E-state index in [2.05, 4.69) is 10.0 Å².